The van der Waals surface area contributed by atoms with Crippen molar-refractivity contribution in [1.29, 1.82) is 0 Å². The number of nitrogen functional groups attached to an aromatic ring is 1. The van der Waals surface area contributed by atoms with Crippen LogP contribution < -0.4 is 15.8 Å². The van der Waals surface area contributed by atoms with Crippen LogP contribution in [0, 0.1) is 0 Å². The number of nitrogens with two attached hydrogens (primary N) is 1. The standard InChI is InChI=1S/C17H22N2O/c1-3-16-14(7-5-9-17(16)18)12-19-11-13-6-4-8-15(10-13)20-2/h4-10,19H,3,11-12,18H2,1-2H3. The SMILES string of the molecule is CCc1c(N)cccc1CNCc1cccc(OC)c1. The third-order valence-corrected chi connectivity index (χ3v) is 3.44. The fourth-order valence-corrected chi connectivity index (χ4v) is 2.38. The quantitative estimate of drug-likeness (QED) is 0.793. The van der Waals surface area contributed by atoms with Gasteiger partial charge in [0.25, 0.3) is 0 Å². The first-order chi connectivity index (χ1) is 9.74. The van der Waals surface area contributed by atoms with Crippen molar-refractivity contribution in [2.45, 2.75) is 26.4 Å². The zero-order chi connectivity index (χ0) is 14.4. The molecule has 0 aliphatic carbocycles. The lowest BCUT2D eigenvalue weighted by atomic mass is 10.0. The van der Waals surface area contributed by atoms with Crippen LogP contribution in [0.25, 0.3) is 0 Å². The van der Waals surface area contributed by atoms with Crippen LogP contribution in [-0.2, 0) is 19.5 Å². The molecule has 0 radical (unpaired) electrons. The van der Waals surface area contributed by atoms with Gasteiger partial charge >= 0.3 is 0 Å². The largest absolute Gasteiger partial charge is 0.497 e. The highest BCUT2D eigenvalue weighted by Crippen LogP contribution is 2.18. The van der Waals surface area contributed by atoms with Gasteiger partial charge in [-0.25, -0.2) is 0 Å². The highest BCUT2D eigenvalue weighted by Gasteiger charge is 2.04. The Morgan fingerprint density at radius 1 is 1.10 bits per heavy atom. The van der Waals surface area contributed by atoms with Crippen molar-refractivity contribution in [3.8, 4) is 5.75 Å². The lowest BCUT2D eigenvalue weighted by Gasteiger charge is -2.12. The van der Waals surface area contributed by atoms with E-state index in [1.165, 1.54) is 16.7 Å². The van der Waals surface area contributed by atoms with Crippen molar-refractivity contribution in [3.05, 3.63) is 59.2 Å². The van der Waals surface area contributed by atoms with E-state index in [0.717, 1.165) is 30.9 Å². The van der Waals surface area contributed by atoms with Crippen molar-refractivity contribution in [2.75, 3.05) is 12.8 Å². The number of rotatable bonds is 6. The molecule has 0 amide bonds. The molecule has 0 atom stereocenters. The zero-order valence-electron chi connectivity index (χ0n) is 12.1. The molecule has 3 nitrogen and oxygen atoms in total. The van der Waals surface area contributed by atoms with Gasteiger partial charge in [-0.2, -0.15) is 0 Å². The summed E-state index contributed by atoms with van der Waals surface area (Å²) in [4.78, 5) is 0. The maximum atomic E-state index is 6.01. The van der Waals surface area contributed by atoms with E-state index in [1.54, 1.807) is 7.11 Å². The van der Waals surface area contributed by atoms with Crippen molar-refractivity contribution >= 4 is 5.69 Å². The van der Waals surface area contributed by atoms with Crippen molar-refractivity contribution in [1.82, 2.24) is 5.32 Å². The lowest BCUT2D eigenvalue weighted by molar-refractivity contribution is 0.414. The fourth-order valence-electron chi connectivity index (χ4n) is 2.38. The molecule has 20 heavy (non-hydrogen) atoms. The summed E-state index contributed by atoms with van der Waals surface area (Å²) >= 11 is 0. The highest BCUT2D eigenvalue weighted by molar-refractivity contribution is 5.50. The van der Waals surface area contributed by atoms with Crippen LogP contribution in [-0.4, -0.2) is 7.11 Å². The summed E-state index contributed by atoms with van der Waals surface area (Å²) in [5.41, 5.74) is 10.6. The van der Waals surface area contributed by atoms with Crippen LogP contribution in [0.4, 0.5) is 5.69 Å². The Morgan fingerprint density at radius 3 is 2.65 bits per heavy atom. The summed E-state index contributed by atoms with van der Waals surface area (Å²) in [5.74, 6) is 0.891. The third kappa shape index (κ3) is 3.52. The second-order valence-corrected chi connectivity index (χ2v) is 4.79. The predicted octanol–water partition coefficient (Wildman–Crippen LogP) is 3.13. The molecule has 3 heteroatoms. The van der Waals surface area contributed by atoms with Gasteiger partial charge in [-0.3, -0.25) is 0 Å². The molecule has 0 aliphatic heterocycles. The molecule has 0 unspecified atom stereocenters. The Labute approximate surface area is 120 Å². The maximum absolute atomic E-state index is 6.01. The number of nitrogens with one attached hydrogen (secondary N) is 1. The molecule has 0 aliphatic rings. The van der Waals surface area contributed by atoms with Gasteiger partial charge in [-0.15, -0.1) is 0 Å². The molecule has 0 bridgehead atoms. The molecule has 0 fully saturated rings. The van der Waals surface area contributed by atoms with Crippen molar-refractivity contribution in [2.24, 2.45) is 0 Å². The maximum Gasteiger partial charge on any atom is 0.119 e. The van der Waals surface area contributed by atoms with Crippen molar-refractivity contribution in [3.63, 3.8) is 0 Å². The Kier molecular flexibility index (Phi) is 5.02. The number of ether oxygens (including phenoxy) is 1. The normalized spacial score (nSPS) is 10.5. The monoisotopic (exact) mass is 270 g/mol. The molecule has 3 N–H and O–H groups in total. The number of benzene rings is 2. The van der Waals surface area contributed by atoms with Gasteiger partial charge in [0.15, 0.2) is 0 Å². The van der Waals surface area contributed by atoms with Crippen LogP contribution in [0.1, 0.15) is 23.6 Å². The van der Waals surface area contributed by atoms with Gasteiger partial charge < -0.3 is 15.8 Å². The minimum absolute atomic E-state index is 0.815. The summed E-state index contributed by atoms with van der Waals surface area (Å²) < 4.78 is 5.23. The second kappa shape index (κ2) is 6.96. The van der Waals surface area contributed by atoms with Crippen LogP contribution in [0.3, 0.4) is 0 Å². The van der Waals surface area contributed by atoms with Gasteiger partial charge in [0.05, 0.1) is 7.11 Å². The molecule has 0 heterocycles. The Balaban J connectivity index is 1.97. The predicted molar refractivity (Wildman–Crippen MR) is 83.8 cm³/mol. The van der Waals surface area contributed by atoms with Gasteiger partial charge in [0, 0.05) is 18.8 Å². The Morgan fingerprint density at radius 2 is 1.90 bits per heavy atom. The minimum Gasteiger partial charge on any atom is -0.497 e. The van der Waals surface area contributed by atoms with Crippen LogP contribution in [0.15, 0.2) is 42.5 Å². The molecule has 0 spiro atoms. The average molecular weight is 270 g/mol. The first-order valence-electron chi connectivity index (χ1n) is 6.94. The summed E-state index contributed by atoms with van der Waals surface area (Å²) in [5, 5.41) is 3.46. The summed E-state index contributed by atoms with van der Waals surface area (Å²) in [7, 11) is 1.69. The molecule has 106 valence electrons. The minimum atomic E-state index is 0.815. The Hall–Kier alpha value is -2.00. The number of anilines is 1. The van der Waals surface area contributed by atoms with E-state index in [2.05, 4.69) is 24.4 Å². The molecule has 2 aromatic rings. The van der Waals surface area contributed by atoms with Crippen LogP contribution in [0.2, 0.25) is 0 Å². The molecule has 2 aromatic carbocycles. The van der Waals surface area contributed by atoms with Gasteiger partial charge in [-0.1, -0.05) is 31.2 Å². The van der Waals surface area contributed by atoms with Gasteiger partial charge in [-0.05, 0) is 41.3 Å². The number of hydrogen-bond donors (Lipinski definition) is 2. The second-order valence-electron chi connectivity index (χ2n) is 4.79. The molecule has 0 saturated heterocycles. The van der Waals surface area contributed by atoms with Crippen LogP contribution >= 0.6 is 0 Å². The number of hydrogen-bond acceptors (Lipinski definition) is 3. The molecular formula is C17H22N2O. The van der Waals surface area contributed by atoms with E-state index < -0.39 is 0 Å². The molecule has 0 aromatic heterocycles. The van der Waals surface area contributed by atoms with E-state index in [4.69, 9.17) is 10.5 Å². The van der Waals surface area contributed by atoms with Crippen LogP contribution in [0.5, 0.6) is 5.75 Å². The average Bonchev–Trinajstić information content (AvgIpc) is 2.48. The smallest absolute Gasteiger partial charge is 0.119 e. The molecular weight excluding hydrogens is 248 g/mol. The van der Waals surface area contributed by atoms with E-state index in [1.807, 2.05) is 30.3 Å². The Bertz CT molecular complexity index is 567. The summed E-state index contributed by atoms with van der Waals surface area (Å²) in [6.45, 7) is 3.78. The van der Waals surface area contributed by atoms with Crippen molar-refractivity contribution < 1.29 is 4.74 Å². The summed E-state index contributed by atoms with van der Waals surface area (Å²) in [6, 6.07) is 14.2. The van der Waals surface area contributed by atoms with E-state index in [9.17, 15) is 0 Å². The molecule has 2 rings (SSSR count). The number of methoxy groups -OCH3 is 1. The zero-order valence-corrected chi connectivity index (χ0v) is 12.1. The van der Waals surface area contributed by atoms with Gasteiger partial charge in [0.2, 0.25) is 0 Å². The summed E-state index contributed by atoms with van der Waals surface area (Å²) in [6.07, 6.45) is 0.961. The van der Waals surface area contributed by atoms with E-state index in [-0.39, 0.29) is 0 Å². The van der Waals surface area contributed by atoms with Gasteiger partial charge in [0.1, 0.15) is 5.75 Å². The topological polar surface area (TPSA) is 47.3 Å². The van der Waals surface area contributed by atoms with E-state index >= 15 is 0 Å². The first kappa shape index (κ1) is 14.4. The third-order valence-electron chi connectivity index (χ3n) is 3.44. The highest BCUT2D eigenvalue weighted by atomic mass is 16.5. The van der Waals surface area contributed by atoms with E-state index in [0.29, 0.717) is 0 Å². The first-order valence-corrected chi connectivity index (χ1v) is 6.94. The fraction of sp³-hybridized carbons (Fsp3) is 0.294. The molecule has 0 saturated carbocycles. The lowest BCUT2D eigenvalue weighted by Crippen LogP contribution is -2.14.